The monoisotopic (exact) mass is 538 g/mol. The van der Waals surface area contributed by atoms with Gasteiger partial charge in [-0.25, -0.2) is 14.6 Å². The molecule has 2 heterocycles. The number of para-hydroxylation sites is 2. The van der Waals surface area contributed by atoms with Crippen LogP contribution in [-0.4, -0.2) is 30.6 Å². The van der Waals surface area contributed by atoms with Crippen LogP contribution in [0.1, 0.15) is 12.8 Å². The van der Waals surface area contributed by atoms with Crippen LogP contribution in [-0.2, 0) is 4.79 Å². The molecular weight excluding hydrogens is 519 g/mol. The van der Waals surface area contributed by atoms with Crippen LogP contribution in [0.15, 0.2) is 67.4 Å². The third-order valence-corrected chi connectivity index (χ3v) is 5.73. The van der Waals surface area contributed by atoms with Crippen molar-refractivity contribution < 1.29 is 4.79 Å². The van der Waals surface area contributed by atoms with Gasteiger partial charge in [-0.1, -0.05) is 12.1 Å². The van der Waals surface area contributed by atoms with Gasteiger partial charge < -0.3 is 16.0 Å². The molecule has 1 aliphatic carbocycles. The van der Waals surface area contributed by atoms with Crippen molar-refractivity contribution in [3.8, 4) is 5.69 Å². The van der Waals surface area contributed by atoms with Crippen molar-refractivity contribution in [3.63, 3.8) is 0 Å². The molecule has 4 aromatic rings. The van der Waals surface area contributed by atoms with Gasteiger partial charge >= 0.3 is 0 Å². The third kappa shape index (κ3) is 4.69. The summed E-state index contributed by atoms with van der Waals surface area (Å²) in [6.07, 6.45) is 6.80. The molecule has 2 aromatic carbocycles. The van der Waals surface area contributed by atoms with E-state index in [0.29, 0.717) is 11.8 Å². The zero-order chi connectivity index (χ0) is 21.9. The minimum absolute atomic E-state index is 0.0633. The molecule has 0 saturated heterocycles. The van der Waals surface area contributed by atoms with E-state index in [2.05, 4.69) is 58.6 Å². The molecule has 1 amide bonds. The normalized spacial score (nSPS) is 12.9. The van der Waals surface area contributed by atoms with Crippen LogP contribution < -0.4 is 16.0 Å². The van der Waals surface area contributed by atoms with E-state index < -0.39 is 0 Å². The molecule has 0 radical (unpaired) electrons. The highest BCUT2D eigenvalue weighted by molar-refractivity contribution is 14.1. The summed E-state index contributed by atoms with van der Waals surface area (Å²) < 4.78 is 2.55. The standard InChI is InChI=1S/C22H19IN8O/c23-17-11-25-22(27-15-7-9-16(10-8-15)31-13-24-12-26-31)30-20(17)28-18-3-1-2-4-19(18)29-21(32)14-5-6-14/h1-4,7-14H,5-6H2,(H,29,32)(H2,25,27,28,30). The average Bonchev–Trinajstić information content (AvgIpc) is 3.52. The van der Waals surface area contributed by atoms with Gasteiger partial charge in [-0.15, -0.1) is 0 Å². The van der Waals surface area contributed by atoms with E-state index in [1.54, 1.807) is 17.2 Å². The summed E-state index contributed by atoms with van der Waals surface area (Å²) in [6, 6.07) is 15.3. The van der Waals surface area contributed by atoms with Gasteiger partial charge in [0.2, 0.25) is 11.9 Å². The van der Waals surface area contributed by atoms with E-state index in [0.717, 1.165) is 39.2 Å². The Labute approximate surface area is 197 Å². The number of nitrogens with one attached hydrogen (secondary N) is 3. The number of hydrogen-bond donors (Lipinski definition) is 3. The number of amides is 1. The minimum atomic E-state index is 0.0633. The first-order valence-corrected chi connectivity index (χ1v) is 11.1. The fraction of sp³-hybridized carbons (Fsp3) is 0.136. The van der Waals surface area contributed by atoms with Crippen LogP contribution in [0.5, 0.6) is 0 Å². The summed E-state index contributed by atoms with van der Waals surface area (Å²) >= 11 is 2.18. The topological polar surface area (TPSA) is 110 Å². The lowest BCUT2D eigenvalue weighted by Gasteiger charge is -2.14. The summed E-state index contributed by atoms with van der Waals surface area (Å²) in [5.41, 5.74) is 3.26. The Bertz CT molecular complexity index is 1240. The number of aromatic nitrogens is 5. The Hall–Kier alpha value is -3.54. The van der Waals surface area contributed by atoms with Gasteiger partial charge in [0.15, 0.2) is 0 Å². The number of nitrogens with zero attached hydrogens (tertiary/aromatic N) is 5. The second-order valence-electron chi connectivity index (χ2n) is 7.34. The van der Waals surface area contributed by atoms with E-state index in [9.17, 15) is 4.79 Å². The summed E-state index contributed by atoms with van der Waals surface area (Å²) in [7, 11) is 0. The lowest BCUT2D eigenvalue weighted by molar-refractivity contribution is -0.117. The number of halogens is 1. The quantitative estimate of drug-likeness (QED) is 0.298. The predicted molar refractivity (Wildman–Crippen MR) is 130 cm³/mol. The summed E-state index contributed by atoms with van der Waals surface area (Å²) in [5, 5.41) is 13.7. The maximum Gasteiger partial charge on any atom is 0.229 e. The van der Waals surface area contributed by atoms with Crippen LogP contribution >= 0.6 is 22.6 Å². The molecule has 0 unspecified atom stereocenters. The summed E-state index contributed by atoms with van der Waals surface area (Å²) in [4.78, 5) is 25.2. The molecule has 9 nitrogen and oxygen atoms in total. The predicted octanol–water partition coefficient (Wildman–Crippen LogP) is 4.50. The smallest absolute Gasteiger partial charge is 0.229 e. The number of carbonyl (C=O) groups excluding carboxylic acids is 1. The van der Waals surface area contributed by atoms with Gasteiger partial charge in [0.05, 0.1) is 20.6 Å². The highest BCUT2D eigenvalue weighted by atomic mass is 127. The van der Waals surface area contributed by atoms with Crippen LogP contribution in [0.4, 0.5) is 28.8 Å². The third-order valence-electron chi connectivity index (χ3n) is 4.94. The number of hydrogen-bond acceptors (Lipinski definition) is 7. The minimum Gasteiger partial charge on any atom is -0.337 e. The maximum absolute atomic E-state index is 12.2. The van der Waals surface area contributed by atoms with Crippen LogP contribution in [0.25, 0.3) is 5.69 Å². The largest absolute Gasteiger partial charge is 0.337 e. The Morgan fingerprint density at radius 1 is 1.03 bits per heavy atom. The maximum atomic E-state index is 12.2. The summed E-state index contributed by atoms with van der Waals surface area (Å²) in [5.74, 6) is 1.30. The highest BCUT2D eigenvalue weighted by Crippen LogP contribution is 2.33. The van der Waals surface area contributed by atoms with Crippen molar-refractivity contribution in [1.82, 2.24) is 24.7 Å². The van der Waals surface area contributed by atoms with E-state index >= 15 is 0 Å². The zero-order valence-electron chi connectivity index (χ0n) is 16.9. The molecule has 0 bridgehead atoms. The molecule has 0 atom stereocenters. The van der Waals surface area contributed by atoms with Crippen molar-refractivity contribution >= 4 is 57.3 Å². The molecule has 2 aromatic heterocycles. The fourth-order valence-corrected chi connectivity index (χ4v) is 3.49. The van der Waals surface area contributed by atoms with Crippen molar-refractivity contribution in [2.24, 2.45) is 5.92 Å². The van der Waals surface area contributed by atoms with Gasteiger partial charge in [-0.05, 0) is 71.8 Å². The molecule has 0 aliphatic heterocycles. The van der Waals surface area contributed by atoms with Crippen LogP contribution in [0.3, 0.4) is 0 Å². The molecule has 32 heavy (non-hydrogen) atoms. The Morgan fingerprint density at radius 3 is 2.53 bits per heavy atom. The molecule has 0 spiro atoms. The Morgan fingerprint density at radius 2 is 1.81 bits per heavy atom. The first kappa shape index (κ1) is 20.4. The molecule has 1 fully saturated rings. The second kappa shape index (κ2) is 8.91. The Kier molecular flexibility index (Phi) is 5.67. The lowest BCUT2D eigenvalue weighted by Crippen LogP contribution is -2.14. The van der Waals surface area contributed by atoms with Gasteiger partial charge in [0.25, 0.3) is 0 Å². The number of benzene rings is 2. The van der Waals surface area contributed by atoms with E-state index in [1.165, 1.54) is 6.33 Å². The van der Waals surface area contributed by atoms with Crippen molar-refractivity contribution in [1.29, 1.82) is 0 Å². The van der Waals surface area contributed by atoms with Gasteiger partial charge in [-0.2, -0.15) is 10.1 Å². The molecule has 5 rings (SSSR count). The summed E-state index contributed by atoms with van der Waals surface area (Å²) in [6.45, 7) is 0. The highest BCUT2D eigenvalue weighted by Gasteiger charge is 2.30. The van der Waals surface area contributed by atoms with Crippen molar-refractivity contribution in [2.75, 3.05) is 16.0 Å². The van der Waals surface area contributed by atoms with Gasteiger partial charge in [-0.3, -0.25) is 4.79 Å². The zero-order valence-corrected chi connectivity index (χ0v) is 19.0. The molecule has 1 aliphatic rings. The van der Waals surface area contributed by atoms with Crippen molar-refractivity contribution in [3.05, 3.63) is 71.0 Å². The van der Waals surface area contributed by atoms with Crippen LogP contribution in [0, 0.1) is 9.49 Å². The van der Waals surface area contributed by atoms with Crippen LogP contribution in [0.2, 0.25) is 0 Å². The fourth-order valence-electron chi connectivity index (χ4n) is 3.09. The van der Waals surface area contributed by atoms with Gasteiger partial charge in [0.1, 0.15) is 18.5 Å². The van der Waals surface area contributed by atoms with Gasteiger partial charge in [0, 0.05) is 17.8 Å². The molecular formula is C22H19IN8O. The Balaban J connectivity index is 1.33. The molecule has 3 N–H and O–H groups in total. The number of anilines is 5. The lowest BCUT2D eigenvalue weighted by atomic mass is 10.2. The first-order valence-electron chi connectivity index (χ1n) is 10.1. The van der Waals surface area contributed by atoms with E-state index in [1.807, 2.05) is 48.5 Å². The van der Waals surface area contributed by atoms with Crippen molar-refractivity contribution in [2.45, 2.75) is 12.8 Å². The molecule has 1 saturated carbocycles. The average molecular weight is 538 g/mol. The van der Waals surface area contributed by atoms with E-state index in [4.69, 9.17) is 0 Å². The molecule has 10 heteroatoms. The SMILES string of the molecule is O=C(Nc1ccccc1Nc1nc(Nc2ccc(-n3cncn3)cc2)ncc1I)C1CC1. The first-order chi connectivity index (χ1) is 15.7. The number of carbonyl (C=O) groups is 1. The number of rotatable bonds is 7. The van der Waals surface area contributed by atoms with E-state index in [-0.39, 0.29) is 11.8 Å². The second-order valence-corrected chi connectivity index (χ2v) is 8.50. The molecule has 160 valence electrons.